The Hall–Kier alpha value is -2.64. The largest absolute Gasteiger partial charge is 0.354 e. The summed E-state index contributed by atoms with van der Waals surface area (Å²) in [5.41, 5.74) is 0.568. The molecule has 1 amide bonds. The topological polar surface area (TPSA) is 75.9 Å². The lowest BCUT2D eigenvalue weighted by atomic mass is 9.97. The molecule has 1 unspecified atom stereocenters. The average molecular weight is 431 g/mol. The second-order valence-corrected chi connectivity index (χ2v) is 7.84. The molecule has 1 aliphatic heterocycles. The molecule has 0 bridgehead atoms. The van der Waals surface area contributed by atoms with E-state index in [0.29, 0.717) is 28.1 Å². The Morgan fingerprint density at radius 2 is 1.97 bits per heavy atom. The molecule has 1 saturated heterocycles. The van der Waals surface area contributed by atoms with Gasteiger partial charge in [-0.15, -0.1) is 10.2 Å². The predicted molar refractivity (Wildman–Crippen MR) is 114 cm³/mol. The lowest BCUT2D eigenvalue weighted by Crippen LogP contribution is -2.41. The van der Waals surface area contributed by atoms with Gasteiger partial charge in [-0.25, -0.2) is 4.98 Å². The van der Waals surface area contributed by atoms with Crippen LogP contribution in [0.25, 0.3) is 5.82 Å². The van der Waals surface area contributed by atoms with E-state index in [-0.39, 0.29) is 11.8 Å². The fourth-order valence-corrected chi connectivity index (χ4v) is 3.92. The van der Waals surface area contributed by atoms with Crippen molar-refractivity contribution in [1.82, 2.24) is 19.7 Å². The minimum atomic E-state index is -0.159. The van der Waals surface area contributed by atoms with Gasteiger partial charge in [0.1, 0.15) is 5.82 Å². The van der Waals surface area contributed by atoms with Crippen LogP contribution < -0.4 is 10.2 Å². The monoisotopic (exact) mass is 430 g/mol. The summed E-state index contributed by atoms with van der Waals surface area (Å²) in [5.74, 6) is 2.11. The van der Waals surface area contributed by atoms with Crippen molar-refractivity contribution in [3.63, 3.8) is 0 Å². The molecule has 0 spiro atoms. The third-order valence-corrected chi connectivity index (χ3v) is 5.56. The van der Waals surface area contributed by atoms with Crippen LogP contribution in [0.2, 0.25) is 10.0 Å². The third-order valence-electron chi connectivity index (χ3n) is 5.01. The lowest BCUT2D eigenvalue weighted by molar-refractivity contribution is -0.120. The minimum absolute atomic E-state index is 0.0578. The number of carbonyl (C=O) groups excluding carboxylic acids is 1. The van der Waals surface area contributed by atoms with Gasteiger partial charge in [0.2, 0.25) is 5.91 Å². The summed E-state index contributed by atoms with van der Waals surface area (Å²) in [5, 5.41) is 12.5. The maximum absolute atomic E-state index is 12.8. The molecule has 150 valence electrons. The van der Waals surface area contributed by atoms with Crippen LogP contribution in [-0.4, -0.2) is 38.7 Å². The van der Waals surface area contributed by atoms with Crippen LogP contribution >= 0.6 is 23.2 Å². The van der Waals surface area contributed by atoms with E-state index < -0.39 is 0 Å². The van der Waals surface area contributed by atoms with Crippen molar-refractivity contribution in [3.05, 3.63) is 58.6 Å². The van der Waals surface area contributed by atoms with Crippen molar-refractivity contribution in [1.29, 1.82) is 0 Å². The highest BCUT2D eigenvalue weighted by Crippen LogP contribution is 2.28. The molecule has 1 aromatic carbocycles. The molecule has 2 aromatic heterocycles. The number of hydrogen-bond donors (Lipinski definition) is 1. The summed E-state index contributed by atoms with van der Waals surface area (Å²) < 4.78 is 1.87. The Morgan fingerprint density at radius 1 is 1.17 bits per heavy atom. The van der Waals surface area contributed by atoms with Crippen LogP contribution in [0.4, 0.5) is 11.5 Å². The molecule has 7 nitrogen and oxygen atoms in total. The number of benzene rings is 1. The standard InChI is InChI=1S/C20H20Cl2N6O/c1-13-23-8-10-28(13)19-7-6-18(25-26-19)27-9-2-3-14(12-27)20(29)24-17-5-4-15(21)11-16(17)22/h4-8,10-11,14H,2-3,9,12H2,1H3,(H,24,29). The molecule has 1 fully saturated rings. The third kappa shape index (κ3) is 4.36. The van der Waals surface area contributed by atoms with E-state index in [1.165, 1.54) is 0 Å². The van der Waals surface area contributed by atoms with E-state index in [1.54, 1.807) is 24.4 Å². The van der Waals surface area contributed by atoms with Gasteiger partial charge in [-0.1, -0.05) is 23.2 Å². The van der Waals surface area contributed by atoms with Gasteiger partial charge in [0.15, 0.2) is 11.6 Å². The van der Waals surface area contributed by atoms with Crippen LogP contribution in [0.3, 0.4) is 0 Å². The average Bonchev–Trinajstić information content (AvgIpc) is 3.16. The molecule has 0 aliphatic carbocycles. The van der Waals surface area contributed by atoms with Crippen molar-refractivity contribution >= 4 is 40.6 Å². The summed E-state index contributed by atoms with van der Waals surface area (Å²) in [7, 11) is 0. The number of piperidine rings is 1. The van der Waals surface area contributed by atoms with E-state index >= 15 is 0 Å². The Balaban J connectivity index is 1.44. The highest BCUT2D eigenvalue weighted by Gasteiger charge is 2.27. The van der Waals surface area contributed by atoms with Crippen molar-refractivity contribution in [2.75, 3.05) is 23.3 Å². The number of aromatic nitrogens is 4. The molecule has 1 N–H and O–H groups in total. The second-order valence-electron chi connectivity index (χ2n) is 6.99. The number of aryl methyl sites for hydroxylation is 1. The molecule has 3 aromatic rings. The molecule has 1 atom stereocenters. The van der Waals surface area contributed by atoms with E-state index in [1.807, 2.05) is 29.8 Å². The van der Waals surface area contributed by atoms with Crippen molar-refractivity contribution in [2.24, 2.45) is 5.92 Å². The molecule has 0 radical (unpaired) electrons. The molecule has 9 heteroatoms. The number of carbonyl (C=O) groups is 1. The number of nitrogens with one attached hydrogen (secondary N) is 1. The summed E-state index contributed by atoms with van der Waals surface area (Å²) in [6.45, 7) is 3.33. The number of halogens is 2. The number of rotatable bonds is 4. The first-order chi connectivity index (χ1) is 14.0. The van der Waals surface area contributed by atoms with Crippen LogP contribution in [0.15, 0.2) is 42.7 Å². The highest BCUT2D eigenvalue weighted by molar-refractivity contribution is 6.36. The van der Waals surface area contributed by atoms with Crippen molar-refractivity contribution in [2.45, 2.75) is 19.8 Å². The van der Waals surface area contributed by atoms with Gasteiger partial charge < -0.3 is 10.2 Å². The quantitative estimate of drug-likeness (QED) is 0.672. The summed E-state index contributed by atoms with van der Waals surface area (Å²) in [4.78, 5) is 19.0. The first-order valence-corrected chi connectivity index (χ1v) is 10.1. The Bertz CT molecular complexity index is 1020. The summed E-state index contributed by atoms with van der Waals surface area (Å²) in [6.07, 6.45) is 5.29. The molecule has 0 saturated carbocycles. The van der Waals surface area contributed by atoms with Crippen molar-refractivity contribution < 1.29 is 4.79 Å². The zero-order chi connectivity index (χ0) is 20.4. The second kappa shape index (κ2) is 8.39. The van der Waals surface area contributed by atoms with Crippen molar-refractivity contribution in [3.8, 4) is 5.82 Å². The van der Waals surface area contributed by atoms with Gasteiger partial charge >= 0.3 is 0 Å². The van der Waals surface area contributed by atoms with Crippen LogP contribution in [0.5, 0.6) is 0 Å². The number of imidazole rings is 1. The zero-order valence-corrected chi connectivity index (χ0v) is 17.4. The molecule has 3 heterocycles. The number of anilines is 2. The Morgan fingerprint density at radius 3 is 2.66 bits per heavy atom. The molecule has 4 rings (SSSR count). The minimum Gasteiger partial charge on any atom is -0.354 e. The van der Waals surface area contributed by atoms with E-state index in [9.17, 15) is 4.79 Å². The maximum atomic E-state index is 12.8. The van der Waals surface area contributed by atoms with E-state index in [2.05, 4.69) is 25.4 Å². The summed E-state index contributed by atoms with van der Waals surface area (Å²) in [6, 6.07) is 8.87. The first kappa shape index (κ1) is 19.7. The van der Waals surface area contributed by atoms with Gasteiger partial charge in [-0.05, 0) is 50.1 Å². The smallest absolute Gasteiger partial charge is 0.229 e. The van der Waals surface area contributed by atoms with Gasteiger partial charge in [-0.2, -0.15) is 0 Å². The molecule has 1 aliphatic rings. The number of hydrogen-bond acceptors (Lipinski definition) is 5. The molecule has 29 heavy (non-hydrogen) atoms. The summed E-state index contributed by atoms with van der Waals surface area (Å²) >= 11 is 12.1. The SMILES string of the molecule is Cc1nccn1-c1ccc(N2CCCC(C(=O)Nc3ccc(Cl)cc3Cl)C2)nn1. The lowest BCUT2D eigenvalue weighted by Gasteiger charge is -2.32. The molecular weight excluding hydrogens is 411 g/mol. The van der Waals surface area contributed by atoms with E-state index in [0.717, 1.165) is 31.0 Å². The Kier molecular flexibility index (Phi) is 5.69. The number of amides is 1. The van der Waals surface area contributed by atoms with Gasteiger partial charge in [0.25, 0.3) is 0 Å². The highest BCUT2D eigenvalue weighted by atomic mass is 35.5. The normalized spacial score (nSPS) is 16.7. The maximum Gasteiger partial charge on any atom is 0.229 e. The fourth-order valence-electron chi connectivity index (χ4n) is 3.46. The zero-order valence-electron chi connectivity index (χ0n) is 15.8. The van der Waals surface area contributed by atoms with Crippen LogP contribution in [-0.2, 0) is 4.79 Å². The van der Waals surface area contributed by atoms with Gasteiger partial charge in [0, 0.05) is 30.5 Å². The fraction of sp³-hybridized carbons (Fsp3) is 0.300. The predicted octanol–water partition coefficient (Wildman–Crippen LogP) is 4.13. The first-order valence-electron chi connectivity index (χ1n) is 9.36. The van der Waals surface area contributed by atoms with Crippen LogP contribution in [0, 0.1) is 12.8 Å². The van der Waals surface area contributed by atoms with Gasteiger partial charge in [0.05, 0.1) is 16.6 Å². The Labute approximate surface area is 178 Å². The van der Waals surface area contributed by atoms with Gasteiger partial charge in [-0.3, -0.25) is 9.36 Å². The number of nitrogens with zero attached hydrogens (tertiary/aromatic N) is 5. The van der Waals surface area contributed by atoms with Crippen LogP contribution in [0.1, 0.15) is 18.7 Å². The molecular formula is C20H20Cl2N6O. The van der Waals surface area contributed by atoms with E-state index in [4.69, 9.17) is 23.2 Å².